The van der Waals surface area contributed by atoms with Crippen molar-refractivity contribution >= 4 is 23.3 Å². The predicted molar refractivity (Wildman–Crippen MR) is 104 cm³/mol. The van der Waals surface area contributed by atoms with E-state index < -0.39 is 23.5 Å². The standard InChI is InChI=1S/C20H16F3N5O3/c21-20(22,23)17-16(31-19(27-17)12-4-2-1-3-5-12)18(30)26-13-6-7-14(25-10-13)28-9-8-24-15(29)11-28/h1-7,10H,8-9,11H2,(H,24,29)(H,26,30). The Kier molecular flexibility index (Phi) is 5.32. The van der Waals surface area contributed by atoms with Gasteiger partial charge in [-0.2, -0.15) is 13.2 Å². The molecule has 0 spiro atoms. The maximum Gasteiger partial charge on any atom is 0.437 e. The number of carbonyl (C=O) groups is 2. The molecule has 2 N–H and O–H groups in total. The van der Waals surface area contributed by atoms with Crippen LogP contribution in [-0.4, -0.2) is 41.4 Å². The largest absolute Gasteiger partial charge is 0.437 e. The van der Waals surface area contributed by atoms with Gasteiger partial charge in [-0.1, -0.05) is 18.2 Å². The second-order valence-corrected chi connectivity index (χ2v) is 6.69. The number of rotatable bonds is 4. The van der Waals surface area contributed by atoms with Crippen molar-refractivity contribution in [3.05, 3.63) is 60.1 Å². The normalized spacial score (nSPS) is 14.3. The Hall–Kier alpha value is -3.89. The second-order valence-electron chi connectivity index (χ2n) is 6.69. The van der Waals surface area contributed by atoms with Gasteiger partial charge in [-0.3, -0.25) is 9.59 Å². The highest BCUT2D eigenvalue weighted by Gasteiger charge is 2.41. The van der Waals surface area contributed by atoms with Crippen molar-refractivity contribution in [2.45, 2.75) is 6.18 Å². The summed E-state index contributed by atoms with van der Waals surface area (Å²) in [5.74, 6) is -1.98. The molecule has 3 aromatic rings. The summed E-state index contributed by atoms with van der Waals surface area (Å²) in [4.78, 5) is 33.4. The zero-order chi connectivity index (χ0) is 22.0. The minimum Gasteiger partial charge on any atom is -0.430 e. The van der Waals surface area contributed by atoms with Crippen molar-refractivity contribution < 1.29 is 27.2 Å². The number of amides is 2. The first kappa shape index (κ1) is 20.4. The fourth-order valence-electron chi connectivity index (χ4n) is 3.04. The molecule has 0 aliphatic carbocycles. The first-order valence-electron chi connectivity index (χ1n) is 9.24. The molecule has 4 rings (SSSR count). The lowest BCUT2D eigenvalue weighted by Gasteiger charge is -2.27. The van der Waals surface area contributed by atoms with Crippen molar-refractivity contribution in [2.24, 2.45) is 0 Å². The lowest BCUT2D eigenvalue weighted by atomic mass is 10.2. The Morgan fingerprint density at radius 3 is 2.58 bits per heavy atom. The fraction of sp³-hybridized carbons (Fsp3) is 0.200. The van der Waals surface area contributed by atoms with Crippen molar-refractivity contribution in [1.29, 1.82) is 0 Å². The van der Waals surface area contributed by atoms with Gasteiger partial charge in [-0.05, 0) is 24.3 Å². The quantitative estimate of drug-likeness (QED) is 0.659. The van der Waals surface area contributed by atoms with Gasteiger partial charge in [0.15, 0.2) is 5.69 Å². The van der Waals surface area contributed by atoms with Crippen LogP contribution in [0.3, 0.4) is 0 Å². The van der Waals surface area contributed by atoms with E-state index in [2.05, 4.69) is 20.6 Å². The van der Waals surface area contributed by atoms with Gasteiger partial charge in [0, 0.05) is 18.7 Å². The third kappa shape index (κ3) is 4.49. The van der Waals surface area contributed by atoms with E-state index in [-0.39, 0.29) is 24.0 Å². The van der Waals surface area contributed by atoms with Gasteiger partial charge in [0.25, 0.3) is 5.91 Å². The summed E-state index contributed by atoms with van der Waals surface area (Å²) in [5.41, 5.74) is -0.933. The van der Waals surface area contributed by atoms with Crippen LogP contribution in [-0.2, 0) is 11.0 Å². The number of nitrogens with zero attached hydrogens (tertiary/aromatic N) is 3. The molecule has 160 valence electrons. The predicted octanol–water partition coefficient (Wildman–Crippen LogP) is 2.94. The van der Waals surface area contributed by atoms with Crippen molar-refractivity contribution in [3.63, 3.8) is 0 Å². The Morgan fingerprint density at radius 2 is 1.94 bits per heavy atom. The first-order valence-corrected chi connectivity index (χ1v) is 9.24. The van der Waals surface area contributed by atoms with Crippen molar-refractivity contribution in [2.75, 3.05) is 29.9 Å². The van der Waals surface area contributed by atoms with E-state index in [1.165, 1.54) is 24.4 Å². The third-order valence-electron chi connectivity index (χ3n) is 4.49. The number of aromatic nitrogens is 2. The molecular formula is C20H16F3N5O3. The number of piperazine rings is 1. The lowest BCUT2D eigenvalue weighted by Crippen LogP contribution is -2.48. The van der Waals surface area contributed by atoms with Crippen LogP contribution < -0.4 is 15.5 Å². The van der Waals surface area contributed by atoms with Crippen LogP contribution in [0.4, 0.5) is 24.7 Å². The summed E-state index contributed by atoms with van der Waals surface area (Å²) in [6.07, 6.45) is -3.58. The highest BCUT2D eigenvalue weighted by Crippen LogP contribution is 2.34. The lowest BCUT2D eigenvalue weighted by molar-refractivity contribution is -0.141. The van der Waals surface area contributed by atoms with E-state index in [1.54, 1.807) is 29.2 Å². The number of pyridine rings is 1. The first-order chi connectivity index (χ1) is 14.8. The van der Waals surface area contributed by atoms with Gasteiger partial charge >= 0.3 is 6.18 Å². The SMILES string of the molecule is O=C1CN(c2ccc(NC(=O)c3oc(-c4ccccc4)nc3C(F)(F)F)cn2)CCN1. The molecule has 1 saturated heterocycles. The molecule has 1 aliphatic rings. The molecule has 0 bridgehead atoms. The molecule has 0 atom stereocenters. The molecule has 0 radical (unpaired) electrons. The van der Waals surface area contributed by atoms with Crippen molar-refractivity contribution in [3.8, 4) is 11.5 Å². The Balaban J connectivity index is 1.55. The number of benzene rings is 1. The summed E-state index contributed by atoms with van der Waals surface area (Å²) < 4.78 is 45.4. The molecule has 8 nitrogen and oxygen atoms in total. The monoisotopic (exact) mass is 431 g/mol. The Morgan fingerprint density at radius 1 is 1.16 bits per heavy atom. The number of alkyl halides is 3. The highest BCUT2D eigenvalue weighted by molar-refractivity contribution is 6.03. The highest BCUT2D eigenvalue weighted by atomic mass is 19.4. The molecule has 1 aromatic carbocycles. The van der Waals surface area contributed by atoms with Gasteiger partial charge in [-0.15, -0.1) is 0 Å². The maximum atomic E-state index is 13.4. The van der Waals surface area contributed by atoms with Gasteiger partial charge in [0.1, 0.15) is 5.82 Å². The summed E-state index contributed by atoms with van der Waals surface area (Å²) in [7, 11) is 0. The molecule has 31 heavy (non-hydrogen) atoms. The average molecular weight is 431 g/mol. The molecule has 2 amide bonds. The van der Waals surface area contributed by atoms with E-state index in [4.69, 9.17) is 4.42 Å². The van der Waals surface area contributed by atoms with Gasteiger partial charge < -0.3 is 20.0 Å². The third-order valence-corrected chi connectivity index (χ3v) is 4.49. The molecule has 11 heteroatoms. The van der Waals surface area contributed by atoms with E-state index >= 15 is 0 Å². The second kappa shape index (κ2) is 8.09. The zero-order valence-electron chi connectivity index (χ0n) is 15.9. The van der Waals surface area contributed by atoms with Crippen LogP contribution in [0.25, 0.3) is 11.5 Å². The summed E-state index contributed by atoms with van der Waals surface area (Å²) in [5, 5.41) is 5.04. The molecule has 0 unspecified atom stereocenters. The maximum absolute atomic E-state index is 13.4. The smallest absolute Gasteiger partial charge is 0.430 e. The number of halogens is 3. The van der Waals surface area contributed by atoms with Gasteiger partial charge in [0.05, 0.1) is 18.4 Å². The van der Waals surface area contributed by atoms with Crippen LogP contribution in [0.1, 0.15) is 16.2 Å². The van der Waals surface area contributed by atoms with E-state index in [0.29, 0.717) is 24.5 Å². The minimum absolute atomic E-state index is 0.135. The van der Waals surface area contributed by atoms with Crippen LogP contribution >= 0.6 is 0 Å². The molecule has 0 saturated carbocycles. The molecular weight excluding hydrogens is 415 g/mol. The molecule has 2 aromatic heterocycles. The topological polar surface area (TPSA) is 100 Å². The van der Waals surface area contributed by atoms with Crippen molar-refractivity contribution in [1.82, 2.24) is 15.3 Å². The zero-order valence-corrected chi connectivity index (χ0v) is 15.9. The number of hydrogen-bond acceptors (Lipinski definition) is 6. The summed E-state index contributed by atoms with van der Waals surface area (Å²) >= 11 is 0. The number of carbonyl (C=O) groups excluding carboxylic acids is 2. The number of nitrogens with one attached hydrogen (secondary N) is 2. The Bertz CT molecular complexity index is 1100. The van der Waals surface area contributed by atoms with Gasteiger partial charge in [0.2, 0.25) is 17.6 Å². The molecule has 1 aliphatic heterocycles. The van der Waals surface area contributed by atoms with E-state index in [1.807, 2.05) is 0 Å². The van der Waals surface area contributed by atoms with Crippen LogP contribution in [0, 0.1) is 0 Å². The van der Waals surface area contributed by atoms with Crippen LogP contribution in [0.2, 0.25) is 0 Å². The van der Waals surface area contributed by atoms with Gasteiger partial charge in [-0.25, -0.2) is 9.97 Å². The molecule has 1 fully saturated rings. The summed E-state index contributed by atoms with van der Waals surface area (Å²) in [6, 6.07) is 11.0. The van der Waals surface area contributed by atoms with E-state index in [0.717, 1.165) is 0 Å². The van der Waals surface area contributed by atoms with Crippen LogP contribution in [0.15, 0.2) is 53.1 Å². The minimum atomic E-state index is -4.87. The number of oxazole rings is 1. The number of anilines is 2. The van der Waals surface area contributed by atoms with E-state index in [9.17, 15) is 22.8 Å². The fourth-order valence-corrected chi connectivity index (χ4v) is 3.04. The average Bonchev–Trinajstić information content (AvgIpc) is 3.21. The summed E-state index contributed by atoms with van der Waals surface area (Å²) in [6.45, 7) is 1.20. The molecule has 3 heterocycles. The number of hydrogen-bond donors (Lipinski definition) is 2. The van der Waals surface area contributed by atoms with Crippen LogP contribution in [0.5, 0.6) is 0 Å². The Labute approximate surface area is 174 Å².